The first-order chi connectivity index (χ1) is 11.6. The lowest BCUT2D eigenvalue weighted by Gasteiger charge is -2.33. The van der Waals surface area contributed by atoms with Gasteiger partial charge in [0, 0.05) is 16.4 Å². The van der Waals surface area contributed by atoms with Gasteiger partial charge in [0.25, 0.3) is 0 Å². The van der Waals surface area contributed by atoms with E-state index in [2.05, 4.69) is 115 Å². The second-order valence-corrected chi connectivity index (χ2v) is 9.47. The van der Waals surface area contributed by atoms with E-state index in [1.54, 1.807) is 0 Å². The third-order valence-corrected chi connectivity index (χ3v) is 7.94. The highest BCUT2D eigenvalue weighted by molar-refractivity contribution is 9.11. The average Bonchev–Trinajstić information content (AvgIpc) is 2.97. The zero-order valence-corrected chi connectivity index (χ0v) is 16.8. The maximum absolute atomic E-state index is 3.82. The van der Waals surface area contributed by atoms with Crippen molar-refractivity contribution in [2.24, 2.45) is 5.92 Å². The minimum Gasteiger partial charge on any atom is -0.306 e. The summed E-state index contributed by atoms with van der Waals surface area (Å²) in [5, 5.41) is 4.35. The molecule has 0 amide bonds. The quantitative estimate of drug-likeness (QED) is 0.648. The summed E-state index contributed by atoms with van der Waals surface area (Å²) in [6, 6.07) is 22.3. The van der Waals surface area contributed by atoms with E-state index in [0.717, 1.165) is 0 Å². The van der Waals surface area contributed by atoms with Crippen LogP contribution >= 0.6 is 23.9 Å². The molecular formula is C21H23BrNP. The molecule has 2 atom stereocenters. The van der Waals surface area contributed by atoms with Gasteiger partial charge in [-0.2, -0.15) is 0 Å². The van der Waals surface area contributed by atoms with Gasteiger partial charge in [-0.3, -0.25) is 0 Å². The molecule has 3 rings (SSSR count). The molecule has 0 spiro atoms. The molecule has 2 aromatic rings. The number of nitrogens with zero attached hydrogens (tertiary/aromatic N) is 1. The Labute approximate surface area is 155 Å². The largest absolute Gasteiger partial charge is 0.306 e. The molecule has 0 radical (unpaired) electrons. The van der Waals surface area contributed by atoms with Gasteiger partial charge in [0.2, 0.25) is 0 Å². The zero-order valence-electron chi connectivity index (χ0n) is 14.4. The first-order valence-electron chi connectivity index (χ1n) is 8.23. The molecule has 2 unspecified atom stereocenters. The molecule has 0 aliphatic heterocycles. The predicted molar refractivity (Wildman–Crippen MR) is 111 cm³/mol. The zero-order chi connectivity index (χ0) is 17.1. The Balaban J connectivity index is 2.07. The molecule has 1 nitrogen and oxygen atoms in total. The number of hydrogen-bond donors (Lipinski definition) is 0. The van der Waals surface area contributed by atoms with Crippen LogP contribution in [0.3, 0.4) is 0 Å². The first kappa shape index (κ1) is 17.6. The molecule has 0 aromatic heterocycles. The van der Waals surface area contributed by atoms with E-state index >= 15 is 0 Å². The summed E-state index contributed by atoms with van der Waals surface area (Å²) in [5.41, 5.74) is 0. The maximum atomic E-state index is 3.82. The number of benzene rings is 2. The number of allylic oxidation sites excluding steroid dienone is 2. The molecule has 0 N–H and O–H groups in total. The van der Waals surface area contributed by atoms with Crippen molar-refractivity contribution in [2.45, 2.75) is 13.0 Å². The lowest BCUT2D eigenvalue weighted by molar-refractivity contribution is 0.279. The summed E-state index contributed by atoms with van der Waals surface area (Å²) in [4.78, 5) is 2.31. The molecular weight excluding hydrogens is 377 g/mol. The van der Waals surface area contributed by atoms with Gasteiger partial charge in [0.15, 0.2) is 0 Å². The van der Waals surface area contributed by atoms with Crippen molar-refractivity contribution in [3.8, 4) is 0 Å². The van der Waals surface area contributed by atoms with Crippen LogP contribution in [0.15, 0.2) is 82.6 Å². The fraction of sp³-hybridized carbons (Fsp3) is 0.238. The summed E-state index contributed by atoms with van der Waals surface area (Å²) in [6.07, 6.45) is 4.57. The standard InChI is InChI=1S/C21H23BrNP/c1-16(23(2)3)21-19(22)14-15-20(21)24(17-10-6-4-7-11-17)18-12-8-5-9-13-18/h4-16,21H,1-3H3. The van der Waals surface area contributed by atoms with Crippen molar-refractivity contribution < 1.29 is 0 Å². The van der Waals surface area contributed by atoms with Gasteiger partial charge >= 0.3 is 0 Å². The minimum atomic E-state index is -0.523. The van der Waals surface area contributed by atoms with Crippen LogP contribution in [0.4, 0.5) is 0 Å². The summed E-state index contributed by atoms with van der Waals surface area (Å²) in [7, 11) is 3.80. The van der Waals surface area contributed by atoms with Crippen molar-refractivity contribution in [3.05, 3.63) is 82.6 Å². The normalized spacial score (nSPS) is 18.7. The Kier molecular flexibility index (Phi) is 5.71. The van der Waals surface area contributed by atoms with E-state index in [1.165, 1.54) is 20.4 Å². The van der Waals surface area contributed by atoms with Crippen LogP contribution in [-0.2, 0) is 0 Å². The van der Waals surface area contributed by atoms with Gasteiger partial charge in [0.1, 0.15) is 0 Å². The van der Waals surface area contributed by atoms with Crippen LogP contribution in [0.25, 0.3) is 0 Å². The van der Waals surface area contributed by atoms with Crippen LogP contribution in [0.1, 0.15) is 6.92 Å². The molecule has 2 aromatic carbocycles. The molecule has 1 aliphatic carbocycles. The van der Waals surface area contributed by atoms with E-state index in [-0.39, 0.29) is 0 Å². The summed E-state index contributed by atoms with van der Waals surface area (Å²) in [5.74, 6) is 0.409. The van der Waals surface area contributed by atoms with E-state index in [0.29, 0.717) is 12.0 Å². The summed E-state index contributed by atoms with van der Waals surface area (Å²) < 4.78 is 1.29. The van der Waals surface area contributed by atoms with Crippen LogP contribution in [-0.4, -0.2) is 25.0 Å². The van der Waals surface area contributed by atoms with E-state index in [1.807, 2.05) is 0 Å². The summed E-state index contributed by atoms with van der Waals surface area (Å²) in [6.45, 7) is 2.31. The Morgan fingerprint density at radius 1 is 0.875 bits per heavy atom. The second kappa shape index (κ2) is 7.78. The summed E-state index contributed by atoms with van der Waals surface area (Å²) >= 11 is 3.82. The lowest BCUT2D eigenvalue weighted by Crippen LogP contribution is -2.33. The van der Waals surface area contributed by atoms with Crippen LogP contribution in [0.2, 0.25) is 0 Å². The van der Waals surface area contributed by atoms with Gasteiger partial charge in [-0.1, -0.05) is 88.7 Å². The highest BCUT2D eigenvalue weighted by Crippen LogP contribution is 2.53. The molecule has 124 valence electrons. The van der Waals surface area contributed by atoms with Gasteiger partial charge < -0.3 is 4.90 Å². The van der Waals surface area contributed by atoms with Crippen molar-refractivity contribution >= 4 is 34.5 Å². The van der Waals surface area contributed by atoms with Gasteiger partial charge in [-0.05, 0) is 44.9 Å². The van der Waals surface area contributed by atoms with Crippen molar-refractivity contribution in [1.29, 1.82) is 0 Å². The highest BCUT2D eigenvalue weighted by atomic mass is 79.9. The van der Waals surface area contributed by atoms with E-state index in [9.17, 15) is 0 Å². The van der Waals surface area contributed by atoms with E-state index < -0.39 is 7.92 Å². The number of hydrogen-bond acceptors (Lipinski definition) is 1. The fourth-order valence-corrected chi connectivity index (χ4v) is 6.73. The Morgan fingerprint density at radius 2 is 1.38 bits per heavy atom. The highest BCUT2D eigenvalue weighted by Gasteiger charge is 2.34. The Hall–Kier alpha value is -1.21. The molecule has 0 fully saturated rings. The Morgan fingerprint density at radius 3 is 1.83 bits per heavy atom. The molecule has 0 saturated heterocycles. The smallest absolute Gasteiger partial charge is 0.0319 e. The molecule has 0 saturated carbocycles. The molecule has 24 heavy (non-hydrogen) atoms. The fourth-order valence-electron chi connectivity index (χ4n) is 3.10. The SMILES string of the molecule is CC(C1C(Br)=CC=C1P(c1ccccc1)c1ccccc1)N(C)C. The average molecular weight is 400 g/mol. The van der Waals surface area contributed by atoms with Crippen molar-refractivity contribution in [1.82, 2.24) is 4.90 Å². The number of halogens is 1. The molecule has 1 aliphatic rings. The molecule has 0 bridgehead atoms. The molecule has 0 heterocycles. The van der Waals surface area contributed by atoms with Gasteiger partial charge in [-0.15, -0.1) is 0 Å². The Bertz CT molecular complexity index is 697. The topological polar surface area (TPSA) is 3.24 Å². The van der Waals surface area contributed by atoms with Gasteiger partial charge in [0.05, 0.1) is 0 Å². The first-order valence-corrected chi connectivity index (χ1v) is 10.4. The number of rotatable bonds is 5. The third kappa shape index (κ3) is 3.57. The van der Waals surface area contributed by atoms with Crippen LogP contribution in [0.5, 0.6) is 0 Å². The lowest BCUT2D eigenvalue weighted by atomic mass is 10.0. The third-order valence-electron chi connectivity index (χ3n) is 4.61. The van der Waals surface area contributed by atoms with Crippen molar-refractivity contribution in [2.75, 3.05) is 14.1 Å². The van der Waals surface area contributed by atoms with Crippen LogP contribution in [0, 0.1) is 5.92 Å². The minimum absolute atomic E-state index is 0.409. The van der Waals surface area contributed by atoms with Crippen LogP contribution < -0.4 is 10.6 Å². The maximum Gasteiger partial charge on any atom is 0.0319 e. The van der Waals surface area contributed by atoms with Crippen molar-refractivity contribution in [3.63, 3.8) is 0 Å². The second-order valence-electron chi connectivity index (χ2n) is 6.33. The molecule has 3 heteroatoms. The predicted octanol–water partition coefficient (Wildman–Crippen LogP) is 4.86. The monoisotopic (exact) mass is 399 g/mol. The van der Waals surface area contributed by atoms with Gasteiger partial charge in [-0.25, -0.2) is 0 Å². The van der Waals surface area contributed by atoms with E-state index in [4.69, 9.17) is 0 Å².